The zero-order valence-corrected chi connectivity index (χ0v) is 20.8. The highest BCUT2D eigenvalue weighted by Gasteiger charge is 2.21. The molecular formula is C32H31FN4. The van der Waals surface area contributed by atoms with Crippen LogP contribution in [0, 0.1) is 5.82 Å². The van der Waals surface area contributed by atoms with Gasteiger partial charge in [0.1, 0.15) is 5.82 Å². The van der Waals surface area contributed by atoms with E-state index in [0.29, 0.717) is 0 Å². The van der Waals surface area contributed by atoms with Crippen molar-refractivity contribution in [3.63, 3.8) is 0 Å². The van der Waals surface area contributed by atoms with Crippen molar-refractivity contribution in [2.75, 3.05) is 6.54 Å². The smallest absolute Gasteiger partial charge is 0.123 e. The first-order chi connectivity index (χ1) is 18.2. The Hall–Kier alpha value is -4.09. The number of halogens is 1. The lowest BCUT2D eigenvalue weighted by Crippen LogP contribution is -2.40. The molecule has 1 aromatic heterocycles. The zero-order valence-electron chi connectivity index (χ0n) is 20.8. The van der Waals surface area contributed by atoms with Crippen LogP contribution < -0.4 is 5.32 Å². The molecule has 0 radical (unpaired) electrons. The fourth-order valence-electron chi connectivity index (χ4n) is 4.72. The third kappa shape index (κ3) is 6.78. The van der Waals surface area contributed by atoms with Gasteiger partial charge in [0.05, 0.1) is 11.4 Å². The Balaban J connectivity index is 1.46. The van der Waals surface area contributed by atoms with Gasteiger partial charge in [-0.1, -0.05) is 60.7 Å². The van der Waals surface area contributed by atoms with Crippen molar-refractivity contribution in [3.05, 3.63) is 138 Å². The number of nitrogens with zero attached hydrogens (tertiary/aromatic N) is 3. The van der Waals surface area contributed by atoms with E-state index < -0.39 is 0 Å². The number of hydrogen-bond donors (Lipinski definition) is 1. The Bertz CT molecular complexity index is 1280. The maximum Gasteiger partial charge on any atom is 0.123 e. The largest absolute Gasteiger partial charge is 0.379 e. The minimum absolute atomic E-state index is 0.192. The van der Waals surface area contributed by atoms with Crippen molar-refractivity contribution in [3.8, 4) is 0 Å². The molecule has 0 fully saturated rings. The first-order valence-corrected chi connectivity index (χ1v) is 12.7. The minimum atomic E-state index is -0.257. The van der Waals surface area contributed by atoms with E-state index in [9.17, 15) is 4.39 Å². The van der Waals surface area contributed by atoms with Crippen LogP contribution in [0.2, 0.25) is 0 Å². The van der Waals surface area contributed by atoms with Gasteiger partial charge in [0.15, 0.2) is 0 Å². The Morgan fingerprint density at radius 1 is 0.757 bits per heavy atom. The fraction of sp³-hybridized carbons (Fsp3) is 0.188. The van der Waals surface area contributed by atoms with E-state index in [0.717, 1.165) is 55.0 Å². The highest BCUT2D eigenvalue weighted by atomic mass is 19.1. The molecule has 0 amide bonds. The van der Waals surface area contributed by atoms with Crippen LogP contribution in [0.3, 0.4) is 0 Å². The molecule has 186 valence electrons. The Labute approximate surface area is 218 Å². The first-order valence-electron chi connectivity index (χ1n) is 12.7. The van der Waals surface area contributed by atoms with Crippen LogP contribution in [-0.4, -0.2) is 28.7 Å². The first kappa shape index (κ1) is 24.6. The number of hydrogen-bond acceptors (Lipinski definition) is 4. The van der Waals surface area contributed by atoms with Gasteiger partial charge in [0.2, 0.25) is 0 Å². The van der Waals surface area contributed by atoms with Crippen molar-refractivity contribution in [2.24, 2.45) is 4.99 Å². The normalized spacial score (nSPS) is 17.7. The molecule has 5 heteroatoms. The van der Waals surface area contributed by atoms with Gasteiger partial charge >= 0.3 is 0 Å². The van der Waals surface area contributed by atoms with Crippen LogP contribution in [0.1, 0.15) is 35.1 Å². The molecule has 1 N–H and O–H groups in total. The van der Waals surface area contributed by atoms with Crippen LogP contribution in [-0.2, 0) is 13.1 Å². The Morgan fingerprint density at radius 3 is 2.00 bits per heavy atom. The summed E-state index contributed by atoms with van der Waals surface area (Å²) in [7, 11) is 0. The number of nitrogens with one attached hydrogen (secondary N) is 1. The molecule has 0 saturated carbocycles. The summed E-state index contributed by atoms with van der Waals surface area (Å²) in [6.45, 7) is 2.59. The predicted octanol–water partition coefficient (Wildman–Crippen LogP) is 6.57. The summed E-state index contributed by atoms with van der Waals surface area (Å²) in [5.74, 6) is -0.257. The van der Waals surface area contributed by atoms with Crippen LogP contribution >= 0.6 is 0 Å². The van der Waals surface area contributed by atoms with E-state index in [1.165, 1.54) is 23.3 Å². The van der Waals surface area contributed by atoms with Crippen LogP contribution in [0.15, 0.2) is 114 Å². The third-order valence-corrected chi connectivity index (χ3v) is 6.51. The molecule has 5 rings (SSSR count). The lowest BCUT2D eigenvalue weighted by molar-refractivity contribution is 0.229. The van der Waals surface area contributed by atoms with Crippen molar-refractivity contribution in [1.82, 2.24) is 15.2 Å². The highest BCUT2D eigenvalue weighted by molar-refractivity contribution is 5.92. The minimum Gasteiger partial charge on any atom is -0.379 e. The van der Waals surface area contributed by atoms with Gasteiger partial charge < -0.3 is 5.32 Å². The molecule has 4 nitrogen and oxygen atoms in total. The van der Waals surface area contributed by atoms with Crippen LogP contribution in [0.5, 0.6) is 0 Å². The van der Waals surface area contributed by atoms with E-state index in [4.69, 9.17) is 4.99 Å². The van der Waals surface area contributed by atoms with Crippen LogP contribution in [0.4, 0.5) is 4.39 Å². The second-order valence-corrected chi connectivity index (χ2v) is 9.34. The molecule has 0 saturated heterocycles. The highest BCUT2D eigenvalue weighted by Crippen LogP contribution is 2.28. The molecule has 37 heavy (non-hydrogen) atoms. The third-order valence-electron chi connectivity index (χ3n) is 6.51. The summed E-state index contributed by atoms with van der Waals surface area (Å²) in [5, 5.41) is 3.84. The van der Waals surface area contributed by atoms with Gasteiger partial charge in [0, 0.05) is 55.4 Å². The second-order valence-electron chi connectivity index (χ2n) is 9.34. The van der Waals surface area contributed by atoms with E-state index in [1.807, 2.05) is 18.3 Å². The molecule has 0 spiro atoms. The van der Waals surface area contributed by atoms with Gasteiger partial charge in [0.25, 0.3) is 0 Å². The topological polar surface area (TPSA) is 40.5 Å². The summed E-state index contributed by atoms with van der Waals surface area (Å²) in [6, 6.07) is 32.0. The predicted molar refractivity (Wildman–Crippen MR) is 149 cm³/mol. The molecule has 0 bridgehead atoms. The molecule has 1 aliphatic rings. The molecule has 1 aliphatic heterocycles. The van der Waals surface area contributed by atoms with Gasteiger partial charge in [-0.05, 0) is 60.4 Å². The number of aliphatic imine (C=N–C) groups is 1. The van der Waals surface area contributed by atoms with Crippen molar-refractivity contribution in [1.29, 1.82) is 0 Å². The maximum atomic E-state index is 13.7. The summed E-state index contributed by atoms with van der Waals surface area (Å²) in [5.41, 5.74) is 6.23. The molecule has 0 aliphatic carbocycles. The standard InChI is InChI=1S/C32H31FN4/c33-29-15-13-27(14-16-29)31-32(28-17-20-34-21-18-28)36-30(12-7-19-35-31)24-37(22-25-8-3-1-4-9-25)23-26-10-5-2-6-11-26/h1-6,8-11,13-21,30,36H,7,12,22-24H2/b32-31-,35-19?/t30-/m0/s1. The average molecular weight is 491 g/mol. The van der Waals surface area contributed by atoms with Crippen molar-refractivity contribution >= 4 is 17.6 Å². The van der Waals surface area contributed by atoms with E-state index in [-0.39, 0.29) is 11.9 Å². The lowest BCUT2D eigenvalue weighted by Gasteiger charge is -2.31. The van der Waals surface area contributed by atoms with Gasteiger partial charge in [-0.25, -0.2) is 4.39 Å². The number of rotatable bonds is 8. The number of pyridine rings is 1. The monoisotopic (exact) mass is 490 g/mol. The Morgan fingerprint density at radius 2 is 1.38 bits per heavy atom. The van der Waals surface area contributed by atoms with Crippen molar-refractivity contribution in [2.45, 2.75) is 32.0 Å². The van der Waals surface area contributed by atoms with E-state index in [2.05, 4.69) is 75.9 Å². The molecular weight excluding hydrogens is 459 g/mol. The lowest BCUT2D eigenvalue weighted by atomic mass is 10.0. The quantitative estimate of drug-likeness (QED) is 0.304. The van der Waals surface area contributed by atoms with Gasteiger partial charge in [-0.15, -0.1) is 0 Å². The molecule has 1 atom stereocenters. The average Bonchev–Trinajstić information content (AvgIpc) is 2.92. The summed E-state index contributed by atoms with van der Waals surface area (Å²) in [4.78, 5) is 11.5. The van der Waals surface area contributed by atoms with E-state index in [1.54, 1.807) is 24.5 Å². The fourth-order valence-corrected chi connectivity index (χ4v) is 4.72. The number of benzene rings is 3. The second kappa shape index (κ2) is 12.2. The zero-order chi connectivity index (χ0) is 25.3. The maximum absolute atomic E-state index is 13.7. The molecule has 2 heterocycles. The summed E-state index contributed by atoms with van der Waals surface area (Å²) in [6.07, 6.45) is 7.39. The van der Waals surface area contributed by atoms with Crippen LogP contribution in [0.25, 0.3) is 11.4 Å². The number of aromatic nitrogens is 1. The van der Waals surface area contributed by atoms with Gasteiger partial charge in [-0.2, -0.15) is 0 Å². The molecule has 3 aromatic carbocycles. The van der Waals surface area contributed by atoms with E-state index >= 15 is 0 Å². The van der Waals surface area contributed by atoms with Gasteiger partial charge in [-0.3, -0.25) is 14.9 Å². The molecule has 0 unspecified atom stereocenters. The molecule has 4 aromatic rings. The Kier molecular flexibility index (Phi) is 8.14. The van der Waals surface area contributed by atoms with Crippen molar-refractivity contribution < 1.29 is 4.39 Å². The summed E-state index contributed by atoms with van der Waals surface area (Å²) < 4.78 is 13.7. The SMILES string of the molecule is Fc1ccc(/C2=C(\c3ccncc3)N[C@H](CN(Cc3ccccc3)Cc3ccccc3)CCC=N2)cc1. The summed E-state index contributed by atoms with van der Waals surface area (Å²) >= 11 is 0.